The van der Waals surface area contributed by atoms with Gasteiger partial charge in [0.1, 0.15) is 12.2 Å². The van der Waals surface area contributed by atoms with Gasteiger partial charge in [-0.25, -0.2) is 8.75 Å². The Bertz CT molecular complexity index is 1120. The summed E-state index contributed by atoms with van der Waals surface area (Å²) in [6.07, 6.45) is 22.7. The van der Waals surface area contributed by atoms with E-state index in [1.165, 1.54) is 103 Å². The average molecular weight is 887 g/mol. The summed E-state index contributed by atoms with van der Waals surface area (Å²) in [6, 6.07) is 0. The van der Waals surface area contributed by atoms with E-state index in [2.05, 4.69) is 73.4 Å². The molecular weight excluding hydrogens is 792 g/mol. The van der Waals surface area contributed by atoms with E-state index in [1.54, 1.807) is 0 Å². The molecule has 3 N–H and O–H groups in total. The second kappa shape index (κ2) is 35.2. The standard InChI is InChI=1S/C46H95O11PS/c1-37(2)17-11-19-39(5)21-13-23-41(7)25-15-27-43(9)29-31-53-35-46(36-56-58(48,49)55-33-45(47)34-57-59(50,51)52)54-32-30-44(10)28-16-26-42(8)24-14-22-40(6)20-12-18-38(3)4/h37-47H,11-36H2,1-10H3,(H,48,49)(H,50,51,52)/t39-,40-,41-,42-,43-,44-,45+,46+/m1/s1. The number of hydrogen-bond acceptors (Lipinski definition) is 9. The van der Waals surface area contributed by atoms with E-state index < -0.39 is 43.6 Å². The maximum Gasteiger partial charge on any atom is 0.472 e. The Hall–Kier alpha value is -0.140. The van der Waals surface area contributed by atoms with Crippen LogP contribution in [0.1, 0.15) is 198 Å². The second-order valence-electron chi connectivity index (χ2n) is 19.6. The molecule has 0 heterocycles. The molecule has 0 radical (unpaired) electrons. The fourth-order valence-corrected chi connectivity index (χ4v) is 8.68. The van der Waals surface area contributed by atoms with Crippen LogP contribution in [0.15, 0.2) is 0 Å². The van der Waals surface area contributed by atoms with Gasteiger partial charge < -0.3 is 19.5 Å². The summed E-state index contributed by atoms with van der Waals surface area (Å²) in [5.41, 5.74) is 0. The van der Waals surface area contributed by atoms with Crippen LogP contribution in [0.5, 0.6) is 0 Å². The van der Waals surface area contributed by atoms with Gasteiger partial charge in [0.05, 0.1) is 26.4 Å². The third kappa shape index (κ3) is 40.4. The predicted molar refractivity (Wildman–Crippen MR) is 243 cm³/mol. The Morgan fingerprint density at radius 2 is 0.814 bits per heavy atom. The van der Waals surface area contributed by atoms with E-state index in [0.29, 0.717) is 25.0 Å². The molecule has 0 aliphatic heterocycles. The monoisotopic (exact) mass is 887 g/mol. The number of rotatable bonds is 42. The molecule has 0 aromatic rings. The van der Waals surface area contributed by atoms with Gasteiger partial charge in [-0.2, -0.15) is 8.42 Å². The normalized spacial score (nSPS) is 17.7. The lowest BCUT2D eigenvalue weighted by atomic mass is 9.91. The third-order valence-corrected chi connectivity index (χ3v) is 13.2. The van der Waals surface area contributed by atoms with E-state index in [1.807, 2.05) is 0 Å². The first-order valence-corrected chi connectivity index (χ1v) is 26.6. The van der Waals surface area contributed by atoms with Crippen LogP contribution in [-0.2, 0) is 37.7 Å². The van der Waals surface area contributed by atoms with Crippen molar-refractivity contribution in [2.45, 2.75) is 210 Å². The van der Waals surface area contributed by atoms with Crippen molar-refractivity contribution in [3.05, 3.63) is 0 Å². The number of aliphatic hydroxyl groups excluding tert-OH is 1. The molecule has 0 amide bonds. The smallest absolute Gasteiger partial charge is 0.388 e. The molecular formula is C46H95O11PS. The Labute approximate surface area is 364 Å². The topological polar surface area (TPSA) is 158 Å². The minimum Gasteiger partial charge on any atom is -0.388 e. The van der Waals surface area contributed by atoms with Crippen LogP contribution in [0.3, 0.4) is 0 Å². The molecule has 356 valence electrons. The van der Waals surface area contributed by atoms with Gasteiger partial charge in [0, 0.05) is 13.2 Å². The van der Waals surface area contributed by atoms with Crippen LogP contribution in [0.2, 0.25) is 0 Å². The fourth-order valence-electron chi connectivity index (χ4n) is 7.56. The molecule has 0 rings (SSSR count). The van der Waals surface area contributed by atoms with Crippen LogP contribution in [0, 0.1) is 47.3 Å². The summed E-state index contributed by atoms with van der Waals surface area (Å²) < 4.78 is 68.9. The van der Waals surface area contributed by atoms with Gasteiger partial charge in [-0.3, -0.25) is 13.6 Å². The van der Waals surface area contributed by atoms with E-state index in [-0.39, 0.29) is 13.2 Å². The largest absolute Gasteiger partial charge is 0.472 e. The zero-order valence-electron chi connectivity index (χ0n) is 39.6. The highest BCUT2D eigenvalue weighted by molar-refractivity contribution is 7.80. The summed E-state index contributed by atoms with van der Waals surface area (Å²) in [6.45, 7) is 22.6. The highest BCUT2D eigenvalue weighted by Gasteiger charge is 2.26. The molecule has 59 heavy (non-hydrogen) atoms. The van der Waals surface area contributed by atoms with Crippen LogP contribution in [0.4, 0.5) is 0 Å². The molecule has 1 unspecified atom stereocenters. The first-order valence-electron chi connectivity index (χ1n) is 23.8. The summed E-state index contributed by atoms with van der Waals surface area (Å²) in [7, 11) is -9.40. The quantitative estimate of drug-likeness (QED) is 0.0304. The minimum absolute atomic E-state index is 0.187. The van der Waals surface area contributed by atoms with Gasteiger partial charge in [0.2, 0.25) is 0 Å². The molecule has 0 aliphatic carbocycles. The number of phosphoric acid groups is 1. The first-order chi connectivity index (χ1) is 27.7. The molecule has 9 atom stereocenters. The number of ether oxygens (including phenoxy) is 2. The van der Waals surface area contributed by atoms with Gasteiger partial charge in [-0.15, -0.1) is 0 Å². The van der Waals surface area contributed by atoms with E-state index in [9.17, 15) is 23.0 Å². The average Bonchev–Trinajstić information content (AvgIpc) is 3.13. The highest BCUT2D eigenvalue weighted by Crippen LogP contribution is 2.43. The van der Waals surface area contributed by atoms with Crippen LogP contribution < -0.4 is 0 Å². The lowest BCUT2D eigenvalue weighted by Crippen LogP contribution is -2.27. The van der Waals surface area contributed by atoms with Gasteiger partial charge >= 0.3 is 18.2 Å². The first kappa shape index (κ1) is 58.9. The summed E-state index contributed by atoms with van der Waals surface area (Å²) in [5.74, 6) is 5.71. The molecule has 0 spiro atoms. The van der Waals surface area contributed by atoms with Gasteiger partial charge in [-0.1, -0.05) is 185 Å². The summed E-state index contributed by atoms with van der Waals surface area (Å²) in [5, 5.41) is 9.81. The minimum atomic E-state index is -4.77. The van der Waals surface area contributed by atoms with Crippen molar-refractivity contribution >= 4 is 18.2 Å². The van der Waals surface area contributed by atoms with Gasteiger partial charge in [0.15, 0.2) is 0 Å². The van der Waals surface area contributed by atoms with E-state index in [4.69, 9.17) is 23.1 Å². The zero-order valence-corrected chi connectivity index (χ0v) is 41.3. The SMILES string of the molecule is CC(C)CCC[C@@H](C)CCC[C@@H](C)CCC[C@@H](C)CCOC[C@@H](COP(=O)(O)OC[C@H](O)COS(=O)(=O)O)OCC[C@H](C)CCC[C@H](C)CCC[C@H](C)CCCC(C)C. The fraction of sp³-hybridized carbons (Fsp3) is 1.00. The van der Waals surface area contributed by atoms with Crippen molar-refractivity contribution in [2.24, 2.45) is 47.3 Å². The molecule has 0 saturated heterocycles. The third-order valence-electron chi connectivity index (χ3n) is 11.8. The maximum absolute atomic E-state index is 12.6. The van der Waals surface area contributed by atoms with Crippen LogP contribution >= 0.6 is 7.82 Å². The van der Waals surface area contributed by atoms with Crippen molar-refractivity contribution in [1.82, 2.24) is 0 Å². The number of hydrogen-bond donors (Lipinski definition) is 3. The second-order valence-corrected chi connectivity index (χ2v) is 22.1. The zero-order chi connectivity index (χ0) is 44.7. The maximum atomic E-state index is 12.6. The van der Waals surface area contributed by atoms with Crippen LogP contribution in [-0.4, -0.2) is 74.8 Å². The number of aliphatic hydroxyl groups is 1. The molecule has 11 nitrogen and oxygen atoms in total. The van der Waals surface area contributed by atoms with Gasteiger partial charge in [-0.05, 0) is 60.2 Å². The molecule has 0 saturated carbocycles. The van der Waals surface area contributed by atoms with E-state index in [0.717, 1.165) is 61.2 Å². The van der Waals surface area contributed by atoms with E-state index >= 15 is 0 Å². The van der Waals surface area contributed by atoms with Crippen molar-refractivity contribution in [3.8, 4) is 0 Å². The lowest BCUT2D eigenvalue weighted by Gasteiger charge is -2.22. The Morgan fingerprint density at radius 1 is 0.475 bits per heavy atom. The Morgan fingerprint density at radius 3 is 1.19 bits per heavy atom. The molecule has 13 heteroatoms. The Balaban J connectivity index is 4.69. The molecule has 0 aromatic heterocycles. The predicted octanol–water partition coefficient (Wildman–Crippen LogP) is 12.6. The van der Waals surface area contributed by atoms with Crippen molar-refractivity contribution in [2.75, 3.05) is 39.6 Å². The van der Waals surface area contributed by atoms with Crippen molar-refractivity contribution in [3.63, 3.8) is 0 Å². The summed E-state index contributed by atoms with van der Waals surface area (Å²) >= 11 is 0. The molecule has 0 aliphatic rings. The molecule has 0 aromatic carbocycles. The van der Waals surface area contributed by atoms with Crippen molar-refractivity contribution in [1.29, 1.82) is 0 Å². The Kier molecular flexibility index (Phi) is 35.2. The highest BCUT2D eigenvalue weighted by atomic mass is 32.3. The lowest BCUT2D eigenvalue weighted by molar-refractivity contribution is -0.0491. The van der Waals surface area contributed by atoms with Gasteiger partial charge in [0.25, 0.3) is 0 Å². The summed E-state index contributed by atoms with van der Waals surface area (Å²) in [4.78, 5) is 10.2. The van der Waals surface area contributed by atoms with Crippen LogP contribution in [0.25, 0.3) is 0 Å². The molecule has 0 fully saturated rings. The number of phosphoric ester groups is 1. The molecule has 0 bridgehead atoms. The van der Waals surface area contributed by atoms with Crippen molar-refractivity contribution < 1.29 is 50.2 Å².